The van der Waals surface area contributed by atoms with E-state index in [1.54, 1.807) is 11.0 Å². The molecule has 1 aliphatic heterocycles. The van der Waals surface area contributed by atoms with Gasteiger partial charge in [-0.3, -0.25) is 9.59 Å². The number of aliphatic carboxylic acids is 1. The number of rotatable bonds is 4. The summed E-state index contributed by atoms with van der Waals surface area (Å²) in [4.78, 5) is 28.7. The second-order valence-corrected chi connectivity index (χ2v) is 4.95. The number of carboxylic acids is 1. The van der Waals surface area contributed by atoms with Gasteiger partial charge in [-0.25, -0.2) is 4.98 Å². The Kier molecular flexibility index (Phi) is 4.55. The average Bonchev–Trinajstić information content (AvgIpc) is 2.45. The molecule has 0 aromatic carbocycles. The molecule has 1 fully saturated rings. The Hall–Kier alpha value is -2.11. The molecule has 0 aliphatic carbocycles. The summed E-state index contributed by atoms with van der Waals surface area (Å²) in [6.07, 6.45) is 4.62. The number of piperidine rings is 1. The third-order valence-corrected chi connectivity index (χ3v) is 3.57. The second-order valence-electron chi connectivity index (χ2n) is 4.95. The molecule has 108 valence electrons. The van der Waals surface area contributed by atoms with E-state index in [0.717, 1.165) is 19.3 Å². The minimum atomic E-state index is -0.858. The van der Waals surface area contributed by atoms with Gasteiger partial charge in [-0.15, -0.1) is 0 Å². The van der Waals surface area contributed by atoms with Crippen LogP contribution in [0.4, 0.5) is 0 Å². The second kappa shape index (κ2) is 6.36. The van der Waals surface area contributed by atoms with Crippen LogP contribution in [0.3, 0.4) is 0 Å². The van der Waals surface area contributed by atoms with E-state index in [-0.39, 0.29) is 29.8 Å². The smallest absolute Gasteiger partial charge is 0.303 e. The number of aromatic nitrogens is 1. The van der Waals surface area contributed by atoms with Crippen LogP contribution >= 0.6 is 0 Å². The number of carboxylic acid groups (broad SMARTS) is 1. The zero-order valence-corrected chi connectivity index (χ0v) is 11.2. The van der Waals surface area contributed by atoms with Crippen molar-refractivity contribution < 1.29 is 19.8 Å². The highest BCUT2D eigenvalue weighted by molar-refractivity contribution is 5.95. The van der Waals surface area contributed by atoms with E-state index >= 15 is 0 Å². The first-order valence-corrected chi connectivity index (χ1v) is 6.76. The molecule has 1 aliphatic rings. The number of nitrogens with zero attached hydrogens (tertiary/aromatic N) is 2. The lowest BCUT2D eigenvalue weighted by atomic mass is 9.97. The van der Waals surface area contributed by atoms with Crippen LogP contribution in [0.5, 0.6) is 5.75 Å². The number of carbonyl (C=O) groups is 2. The van der Waals surface area contributed by atoms with Crippen LogP contribution in [0.15, 0.2) is 18.3 Å². The monoisotopic (exact) mass is 278 g/mol. The van der Waals surface area contributed by atoms with Gasteiger partial charge >= 0.3 is 5.97 Å². The number of aromatic hydroxyl groups is 1. The van der Waals surface area contributed by atoms with Crippen molar-refractivity contribution in [1.29, 1.82) is 0 Å². The molecule has 0 radical (unpaired) electrons. The molecule has 1 unspecified atom stereocenters. The minimum Gasteiger partial charge on any atom is -0.505 e. The Morgan fingerprint density at radius 2 is 2.20 bits per heavy atom. The van der Waals surface area contributed by atoms with Crippen LogP contribution in [0.25, 0.3) is 0 Å². The van der Waals surface area contributed by atoms with E-state index in [1.807, 2.05) is 0 Å². The number of hydrogen-bond donors (Lipinski definition) is 2. The molecule has 1 amide bonds. The van der Waals surface area contributed by atoms with Crippen LogP contribution < -0.4 is 0 Å². The summed E-state index contributed by atoms with van der Waals surface area (Å²) in [5.41, 5.74) is 0.0368. The zero-order valence-electron chi connectivity index (χ0n) is 11.2. The first-order valence-electron chi connectivity index (χ1n) is 6.76. The standard InChI is InChI=1S/C14H18N2O4/c17-11-5-3-8-15-13(11)14(20)16-9-2-1-4-10(16)6-7-12(18)19/h3,5,8,10,17H,1-2,4,6-7,9H2,(H,18,19). The van der Waals surface area contributed by atoms with Gasteiger partial charge in [0.2, 0.25) is 0 Å². The van der Waals surface area contributed by atoms with Crippen LogP contribution in [0.2, 0.25) is 0 Å². The van der Waals surface area contributed by atoms with Crippen LogP contribution in [-0.2, 0) is 4.79 Å². The summed E-state index contributed by atoms with van der Waals surface area (Å²) in [7, 11) is 0. The summed E-state index contributed by atoms with van der Waals surface area (Å²) in [6, 6.07) is 2.90. The molecule has 1 aromatic rings. The summed E-state index contributed by atoms with van der Waals surface area (Å²) in [5, 5.41) is 18.5. The van der Waals surface area contributed by atoms with Crippen LogP contribution in [0, 0.1) is 0 Å². The Labute approximate surface area is 117 Å². The van der Waals surface area contributed by atoms with Gasteiger partial charge in [0, 0.05) is 25.2 Å². The van der Waals surface area contributed by atoms with Gasteiger partial charge in [-0.2, -0.15) is 0 Å². The van der Waals surface area contributed by atoms with E-state index in [4.69, 9.17) is 5.11 Å². The first-order chi connectivity index (χ1) is 9.59. The van der Waals surface area contributed by atoms with Gasteiger partial charge < -0.3 is 15.1 Å². The SMILES string of the molecule is O=C(O)CCC1CCCCN1C(=O)c1ncccc1O. The van der Waals surface area contributed by atoms with Crippen molar-refractivity contribution in [3.63, 3.8) is 0 Å². The summed E-state index contributed by atoms with van der Waals surface area (Å²) in [5.74, 6) is -1.32. The molecule has 0 saturated carbocycles. The topological polar surface area (TPSA) is 90.7 Å². The van der Waals surface area contributed by atoms with Gasteiger partial charge in [0.15, 0.2) is 5.69 Å². The van der Waals surface area contributed by atoms with Crippen LogP contribution in [-0.4, -0.2) is 44.6 Å². The predicted molar refractivity (Wildman–Crippen MR) is 71.4 cm³/mol. The molecular weight excluding hydrogens is 260 g/mol. The maximum absolute atomic E-state index is 12.4. The molecule has 1 aromatic heterocycles. The van der Waals surface area contributed by atoms with Crippen molar-refractivity contribution in [3.05, 3.63) is 24.0 Å². The van der Waals surface area contributed by atoms with Gasteiger partial charge in [-0.05, 0) is 37.8 Å². The number of hydrogen-bond acceptors (Lipinski definition) is 4. The molecule has 2 rings (SSSR count). The number of carbonyl (C=O) groups excluding carboxylic acids is 1. The maximum Gasteiger partial charge on any atom is 0.303 e. The van der Waals surface area contributed by atoms with Gasteiger partial charge in [0.25, 0.3) is 5.91 Å². The molecule has 6 nitrogen and oxygen atoms in total. The average molecular weight is 278 g/mol. The molecule has 0 bridgehead atoms. The quantitative estimate of drug-likeness (QED) is 0.873. The molecular formula is C14H18N2O4. The molecule has 0 spiro atoms. The van der Waals surface area contributed by atoms with Crippen molar-refractivity contribution in [2.75, 3.05) is 6.54 Å². The van der Waals surface area contributed by atoms with Crippen LogP contribution in [0.1, 0.15) is 42.6 Å². The van der Waals surface area contributed by atoms with Crippen molar-refractivity contribution in [2.24, 2.45) is 0 Å². The minimum absolute atomic E-state index is 0.0368. The van der Waals surface area contributed by atoms with Gasteiger partial charge in [0.05, 0.1) is 0 Å². The van der Waals surface area contributed by atoms with Gasteiger partial charge in [-0.1, -0.05) is 0 Å². The predicted octanol–water partition coefficient (Wildman–Crippen LogP) is 1.65. The van der Waals surface area contributed by atoms with E-state index in [0.29, 0.717) is 13.0 Å². The normalized spacial score (nSPS) is 18.8. The van der Waals surface area contributed by atoms with E-state index < -0.39 is 5.97 Å². The summed E-state index contributed by atoms with van der Waals surface area (Å²) >= 11 is 0. The summed E-state index contributed by atoms with van der Waals surface area (Å²) in [6.45, 7) is 0.582. The Morgan fingerprint density at radius 3 is 2.90 bits per heavy atom. The van der Waals surface area contributed by atoms with E-state index in [1.165, 1.54) is 12.3 Å². The van der Waals surface area contributed by atoms with Crippen molar-refractivity contribution in [2.45, 2.75) is 38.1 Å². The fraction of sp³-hybridized carbons (Fsp3) is 0.500. The van der Waals surface area contributed by atoms with Crippen molar-refractivity contribution >= 4 is 11.9 Å². The lowest BCUT2D eigenvalue weighted by Gasteiger charge is -2.35. The number of pyridine rings is 1. The largest absolute Gasteiger partial charge is 0.505 e. The third kappa shape index (κ3) is 3.26. The fourth-order valence-electron chi connectivity index (χ4n) is 2.56. The Morgan fingerprint density at radius 1 is 1.40 bits per heavy atom. The molecule has 1 saturated heterocycles. The summed E-state index contributed by atoms with van der Waals surface area (Å²) < 4.78 is 0. The molecule has 1 atom stereocenters. The molecule has 2 N–H and O–H groups in total. The number of amides is 1. The molecule has 20 heavy (non-hydrogen) atoms. The maximum atomic E-state index is 12.4. The lowest BCUT2D eigenvalue weighted by molar-refractivity contribution is -0.137. The molecule has 2 heterocycles. The number of likely N-dealkylation sites (tertiary alicyclic amines) is 1. The first kappa shape index (κ1) is 14.3. The van der Waals surface area contributed by atoms with Crippen molar-refractivity contribution in [3.8, 4) is 5.75 Å². The zero-order chi connectivity index (χ0) is 14.5. The van der Waals surface area contributed by atoms with Gasteiger partial charge in [0.1, 0.15) is 5.75 Å². The lowest BCUT2D eigenvalue weighted by Crippen LogP contribution is -2.44. The Bertz CT molecular complexity index is 504. The third-order valence-electron chi connectivity index (χ3n) is 3.57. The highest BCUT2D eigenvalue weighted by atomic mass is 16.4. The van der Waals surface area contributed by atoms with E-state index in [2.05, 4.69) is 4.98 Å². The van der Waals surface area contributed by atoms with Crippen molar-refractivity contribution in [1.82, 2.24) is 9.88 Å². The highest BCUT2D eigenvalue weighted by Gasteiger charge is 2.29. The van der Waals surface area contributed by atoms with E-state index in [9.17, 15) is 14.7 Å². The Balaban J connectivity index is 2.13. The highest BCUT2D eigenvalue weighted by Crippen LogP contribution is 2.24. The fourth-order valence-corrected chi connectivity index (χ4v) is 2.56. The molecule has 6 heteroatoms.